The molecule has 12 atom stereocenters. The number of nitrogens with zero attached hydrogens (tertiary/aromatic N) is 2. The first-order valence-electron chi connectivity index (χ1n) is 18.3. The van der Waals surface area contributed by atoms with Crippen LogP contribution in [0.4, 0.5) is 0 Å². The molecular formula is C44H46MnN4. The van der Waals surface area contributed by atoms with Gasteiger partial charge in [-0.2, -0.15) is 0 Å². The maximum atomic E-state index is 5.80. The molecule has 12 unspecified atom stereocenters. The summed E-state index contributed by atoms with van der Waals surface area (Å²) < 4.78 is 0. The van der Waals surface area contributed by atoms with Crippen LogP contribution in [0.1, 0.15) is 71.6 Å². The Hall–Kier alpha value is -3.28. The Bertz CT molecular complexity index is 1460. The monoisotopic (exact) mass is 685 g/mol. The van der Waals surface area contributed by atoms with Gasteiger partial charge in [0, 0.05) is 24.2 Å². The van der Waals surface area contributed by atoms with E-state index in [9.17, 15) is 0 Å². The quantitative estimate of drug-likeness (QED) is 0.167. The largest absolute Gasteiger partial charge is 2.00 e. The third-order valence-electron chi connectivity index (χ3n) is 12.0. The molecule has 1 radical (unpaired) electrons. The fraction of sp³-hybridized carbons (Fsp3) is 0.364. The van der Waals surface area contributed by atoms with E-state index in [1.165, 1.54) is 22.3 Å². The fourth-order valence-corrected chi connectivity index (χ4v) is 9.98. The minimum atomic E-state index is 0. The third-order valence-corrected chi connectivity index (χ3v) is 12.0. The van der Waals surface area contributed by atoms with E-state index in [-0.39, 0.29) is 89.1 Å². The van der Waals surface area contributed by atoms with Crippen molar-refractivity contribution in [2.24, 2.45) is 0 Å². The molecule has 0 aliphatic carbocycles. The molecule has 5 heterocycles. The second-order valence-electron chi connectivity index (χ2n) is 14.7. The summed E-state index contributed by atoms with van der Waals surface area (Å²) in [5.74, 6) is 1.14. The molecule has 5 heteroatoms. The van der Waals surface area contributed by atoms with Crippen molar-refractivity contribution >= 4 is 0 Å². The Morgan fingerprint density at radius 3 is 0.796 bits per heavy atom. The zero-order valence-corrected chi connectivity index (χ0v) is 29.1. The van der Waals surface area contributed by atoms with Gasteiger partial charge in [0.2, 0.25) is 0 Å². The van der Waals surface area contributed by atoms with E-state index in [0.717, 1.165) is 25.7 Å². The number of hydrogen-bond donors (Lipinski definition) is 2. The Labute approximate surface area is 302 Å². The summed E-state index contributed by atoms with van der Waals surface area (Å²) in [5, 5.41) is 20.0. The van der Waals surface area contributed by atoms with Crippen molar-refractivity contribution in [1.82, 2.24) is 10.6 Å². The Kier molecular flexibility index (Phi) is 9.75. The van der Waals surface area contributed by atoms with Gasteiger partial charge in [-0.15, -0.1) is 24.2 Å². The molecule has 0 saturated carbocycles. The summed E-state index contributed by atoms with van der Waals surface area (Å²) in [7, 11) is 0. The van der Waals surface area contributed by atoms with Crippen LogP contribution in [0.2, 0.25) is 0 Å². The van der Waals surface area contributed by atoms with Crippen molar-refractivity contribution < 1.29 is 17.1 Å². The smallest absolute Gasteiger partial charge is 0.656 e. The predicted molar refractivity (Wildman–Crippen MR) is 197 cm³/mol. The summed E-state index contributed by atoms with van der Waals surface area (Å²) in [6.07, 6.45) is 14.3. The summed E-state index contributed by atoms with van der Waals surface area (Å²) in [4.78, 5) is 0. The Balaban J connectivity index is 0.00000348. The van der Waals surface area contributed by atoms with Gasteiger partial charge in [0.15, 0.2) is 0 Å². The van der Waals surface area contributed by atoms with Crippen LogP contribution in [0, 0.1) is 0 Å². The number of nitrogens with one attached hydrogen (secondary N) is 2. The number of fused-ring (bicyclic) bond motifs is 8. The van der Waals surface area contributed by atoms with E-state index < -0.39 is 0 Å². The van der Waals surface area contributed by atoms with E-state index in [1.807, 2.05) is 0 Å². The zero-order valence-electron chi connectivity index (χ0n) is 27.9. The van der Waals surface area contributed by atoms with Crippen LogP contribution >= 0.6 is 0 Å². The maximum absolute atomic E-state index is 5.80. The topological polar surface area (TPSA) is 52.3 Å². The Morgan fingerprint density at radius 1 is 0.347 bits per heavy atom. The van der Waals surface area contributed by atoms with Crippen molar-refractivity contribution in [3.63, 3.8) is 0 Å². The van der Waals surface area contributed by atoms with Crippen molar-refractivity contribution in [3.05, 3.63) is 179 Å². The molecule has 0 amide bonds. The maximum Gasteiger partial charge on any atom is 2.00 e. The van der Waals surface area contributed by atoms with Gasteiger partial charge in [-0.1, -0.05) is 171 Å². The molecule has 49 heavy (non-hydrogen) atoms. The minimum Gasteiger partial charge on any atom is -0.656 e. The van der Waals surface area contributed by atoms with E-state index in [4.69, 9.17) is 10.6 Å². The molecule has 9 rings (SSSR count). The summed E-state index contributed by atoms with van der Waals surface area (Å²) in [6, 6.07) is 46.7. The summed E-state index contributed by atoms with van der Waals surface area (Å²) >= 11 is 0. The first-order valence-corrected chi connectivity index (χ1v) is 18.3. The van der Waals surface area contributed by atoms with Gasteiger partial charge >= 0.3 is 17.1 Å². The number of rotatable bonds is 4. The van der Waals surface area contributed by atoms with Gasteiger partial charge in [-0.3, -0.25) is 0 Å². The number of benzene rings is 4. The molecule has 0 aromatic heterocycles. The average Bonchev–Trinajstić information content (AvgIpc) is 3.98. The van der Waals surface area contributed by atoms with Crippen LogP contribution in [0.15, 0.2) is 146 Å². The van der Waals surface area contributed by atoms with Gasteiger partial charge in [-0.05, 0) is 45.9 Å². The van der Waals surface area contributed by atoms with E-state index >= 15 is 0 Å². The van der Waals surface area contributed by atoms with Crippen LogP contribution in [0.5, 0.6) is 0 Å². The van der Waals surface area contributed by atoms with Gasteiger partial charge in [0.25, 0.3) is 0 Å². The van der Waals surface area contributed by atoms with Crippen LogP contribution in [0.3, 0.4) is 0 Å². The summed E-state index contributed by atoms with van der Waals surface area (Å²) in [6.45, 7) is 0. The van der Waals surface area contributed by atoms with Crippen LogP contribution in [-0.4, -0.2) is 48.3 Å². The predicted octanol–water partition coefficient (Wildman–Crippen LogP) is 8.74. The zero-order chi connectivity index (χ0) is 31.9. The normalized spacial score (nSPS) is 36.4. The van der Waals surface area contributed by atoms with Gasteiger partial charge < -0.3 is 21.3 Å². The van der Waals surface area contributed by atoms with Gasteiger partial charge in [-0.25, -0.2) is 0 Å². The van der Waals surface area contributed by atoms with Crippen LogP contribution in [-0.2, 0) is 17.1 Å². The van der Waals surface area contributed by atoms with Gasteiger partial charge in [0.1, 0.15) is 0 Å². The molecule has 2 N–H and O–H groups in total. The summed E-state index contributed by atoms with van der Waals surface area (Å²) in [5.41, 5.74) is 5.55. The molecule has 5 aliphatic heterocycles. The fourth-order valence-electron chi connectivity index (χ4n) is 9.98. The standard InChI is InChI=1S/C44H46N4.Mn/c1-5-13-29(14-6-1)41-33-21-23-35(45-33)42(30-15-7-2-8-16-30)37-25-27-39(47-37)44(32-19-11-4-12-20-32)40-28-26-38(48-40)43(31-17-9-3-10-18-31)36-24-22-34(41)46-36;/h1-21,23,26,28,33-45,48H,22,24-25,27H2;/q-2;+2. The molecule has 8 bridgehead atoms. The molecule has 3 saturated heterocycles. The second-order valence-corrected chi connectivity index (χ2v) is 14.7. The number of hydrogen-bond acceptors (Lipinski definition) is 2. The van der Waals surface area contributed by atoms with Crippen LogP contribution in [0.25, 0.3) is 10.6 Å². The molecule has 249 valence electrons. The minimum absolute atomic E-state index is 0. The molecule has 5 aliphatic rings. The first kappa shape index (κ1) is 32.9. The van der Waals surface area contributed by atoms with E-state index in [1.54, 1.807) is 0 Å². The molecule has 4 nitrogen and oxygen atoms in total. The van der Waals surface area contributed by atoms with Crippen molar-refractivity contribution in [2.75, 3.05) is 0 Å². The molecule has 4 aromatic rings. The van der Waals surface area contributed by atoms with Crippen LogP contribution < -0.4 is 10.6 Å². The molecule has 3 fully saturated rings. The first-order chi connectivity index (χ1) is 23.8. The van der Waals surface area contributed by atoms with Crippen molar-refractivity contribution in [1.29, 1.82) is 0 Å². The molecule has 4 aromatic carbocycles. The molecular weight excluding hydrogens is 639 g/mol. The second kappa shape index (κ2) is 14.5. The third kappa shape index (κ3) is 6.42. The van der Waals surface area contributed by atoms with Crippen molar-refractivity contribution in [3.8, 4) is 0 Å². The van der Waals surface area contributed by atoms with Gasteiger partial charge in [0.05, 0.1) is 0 Å². The average molecular weight is 686 g/mol. The molecule has 0 spiro atoms. The van der Waals surface area contributed by atoms with E-state index in [2.05, 4.69) is 156 Å². The SMILES string of the molecule is C1=CC2NC1C(c1ccccc1)C1CCC([N-]1)C(c1ccccc1)C1C=CC(N1)C(c1ccccc1)C1CCC([N-]1)C2c1ccccc1.[Mn+2]. The van der Waals surface area contributed by atoms with Crippen molar-refractivity contribution in [2.45, 2.75) is 97.7 Å². The Morgan fingerprint density at radius 2 is 0.571 bits per heavy atom. The van der Waals surface area contributed by atoms with E-state index in [0.29, 0.717) is 0 Å².